The van der Waals surface area contributed by atoms with Crippen molar-refractivity contribution in [3.05, 3.63) is 76.9 Å². The maximum Gasteiger partial charge on any atom is 0.255 e. The van der Waals surface area contributed by atoms with E-state index < -0.39 is 0 Å². The third-order valence-electron chi connectivity index (χ3n) is 4.72. The summed E-state index contributed by atoms with van der Waals surface area (Å²) in [6.07, 6.45) is 3.49. The molecule has 28 heavy (non-hydrogen) atoms. The number of nitrogens with zero attached hydrogens (tertiary/aromatic N) is 3. The molecular formula is C23H28N4O. The van der Waals surface area contributed by atoms with Crippen LogP contribution in [-0.4, -0.2) is 20.7 Å². The van der Waals surface area contributed by atoms with Crippen molar-refractivity contribution in [2.24, 2.45) is 0 Å². The number of nitrogens with one attached hydrogen (secondary N) is 1. The van der Waals surface area contributed by atoms with E-state index in [0.717, 1.165) is 22.6 Å². The lowest BCUT2D eigenvalue weighted by atomic mass is 9.98. The van der Waals surface area contributed by atoms with Gasteiger partial charge in [0.25, 0.3) is 5.91 Å². The normalized spacial score (nSPS) is 11.2. The van der Waals surface area contributed by atoms with Crippen LogP contribution in [0.25, 0.3) is 5.69 Å². The minimum Gasteiger partial charge on any atom is -0.348 e. The molecule has 1 aromatic carbocycles. The van der Waals surface area contributed by atoms with Crippen molar-refractivity contribution in [2.75, 3.05) is 0 Å². The Hall–Kier alpha value is -2.95. The topological polar surface area (TPSA) is 59.8 Å². The van der Waals surface area contributed by atoms with Gasteiger partial charge in [-0.25, -0.2) is 4.68 Å². The van der Waals surface area contributed by atoms with Crippen molar-refractivity contribution in [1.29, 1.82) is 0 Å². The monoisotopic (exact) mass is 376 g/mol. The summed E-state index contributed by atoms with van der Waals surface area (Å²) in [6, 6.07) is 12.1. The number of benzene rings is 1. The molecule has 5 heteroatoms. The highest BCUT2D eigenvalue weighted by atomic mass is 16.1. The highest BCUT2D eigenvalue weighted by Gasteiger charge is 2.27. The quantitative estimate of drug-likeness (QED) is 0.675. The molecule has 0 unspecified atom stereocenters. The Balaban J connectivity index is 2.02. The first-order valence-corrected chi connectivity index (χ1v) is 9.75. The van der Waals surface area contributed by atoms with E-state index in [-0.39, 0.29) is 17.7 Å². The van der Waals surface area contributed by atoms with E-state index >= 15 is 0 Å². The molecule has 0 fully saturated rings. The van der Waals surface area contributed by atoms with E-state index in [2.05, 4.69) is 69.2 Å². The van der Waals surface area contributed by atoms with E-state index in [9.17, 15) is 4.79 Å². The number of pyridine rings is 1. The van der Waals surface area contributed by atoms with Gasteiger partial charge < -0.3 is 5.32 Å². The van der Waals surface area contributed by atoms with Gasteiger partial charge in [-0.3, -0.25) is 9.78 Å². The minimum atomic E-state index is -0.0883. The van der Waals surface area contributed by atoms with E-state index in [1.807, 2.05) is 16.8 Å². The van der Waals surface area contributed by atoms with E-state index in [1.165, 1.54) is 5.56 Å². The Kier molecular flexibility index (Phi) is 5.93. The third-order valence-corrected chi connectivity index (χ3v) is 4.72. The van der Waals surface area contributed by atoms with Gasteiger partial charge in [-0.05, 0) is 42.5 Å². The minimum absolute atomic E-state index is 0.0883. The summed E-state index contributed by atoms with van der Waals surface area (Å²) < 4.78 is 1.93. The summed E-state index contributed by atoms with van der Waals surface area (Å²) >= 11 is 0. The van der Waals surface area contributed by atoms with Crippen LogP contribution in [0.1, 0.15) is 72.4 Å². The molecular weight excluding hydrogens is 348 g/mol. The van der Waals surface area contributed by atoms with E-state index in [0.29, 0.717) is 12.1 Å². The van der Waals surface area contributed by atoms with E-state index in [1.54, 1.807) is 12.4 Å². The van der Waals surface area contributed by atoms with Crippen LogP contribution < -0.4 is 5.32 Å². The van der Waals surface area contributed by atoms with Gasteiger partial charge in [0.1, 0.15) is 0 Å². The number of aryl methyl sites for hydroxylation is 1. The molecule has 1 amide bonds. The van der Waals surface area contributed by atoms with Gasteiger partial charge >= 0.3 is 0 Å². The van der Waals surface area contributed by atoms with Crippen LogP contribution in [0.5, 0.6) is 0 Å². The predicted molar refractivity (Wildman–Crippen MR) is 112 cm³/mol. The maximum atomic E-state index is 13.2. The fourth-order valence-electron chi connectivity index (χ4n) is 3.27. The molecule has 3 aromatic rings. The molecule has 1 N–H and O–H groups in total. The first-order chi connectivity index (χ1) is 13.4. The van der Waals surface area contributed by atoms with Crippen LogP contribution in [0.2, 0.25) is 0 Å². The lowest BCUT2D eigenvalue weighted by molar-refractivity contribution is 0.0948. The molecule has 0 aliphatic carbocycles. The molecule has 0 radical (unpaired) electrons. The number of hydrogen-bond acceptors (Lipinski definition) is 3. The van der Waals surface area contributed by atoms with Crippen molar-refractivity contribution < 1.29 is 4.79 Å². The number of hydrogen-bond donors (Lipinski definition) is 1. The average molecular weight is 377 g/mol. The van der Waals surface area contributed by atoms with Gasteiger partial charge in [0.2, 0.25) is 0 Å². The first-order valence-electron chi connectivity index (χ1n) is 9.75. The van der Waals surface area contributed by atoms with Gasteiger partial charge in [0, 0.05) is 18.9 Å². The zero-order valence-corrected chi connectivity index (χ0v) is 17.2. The fraction of sp³-hybridized carbons (Fsp3) is 0.348. The third kappa shape index (κ3) is 4.14. The summed E-state index contributed by atoms with van der Waals surface area (Å²) in [5, 5.41) is 7.90. The summed E-state index contributed by atoms with van der Waals surface area (Å²) in [7, 11) is 0. The highest BCUT2D eigenvalue weighted by Crippen LogP contribution is 2.30. The fourth-order valence-corrected chi connectivity index (χ4v) is 3.27. The molecule has 0 saturated carbocycles. The van der Waals surface area contributed by atoms with Gasteiger partial charge in [0.05, 0.1) is 22.6 Å². The van der Waals surface area contributed by atoms with Gasteiger partial charge in [-0.2, -0.15) is 5.10 Å². The molecule has 5 nitrogen and oxygen atoms in total. The standard InChI is InChI=1S/C23H28N4O/c1-15(2)21-20(23(28)25-14-18-7-6-12-24-13-18)22(16(3)4)27(26-21)19-10-8-17(5)9-11-19/h6-13,15-16H,14H2,1-5H3,(H,25,28). The maximum absolute atomic E-state index is 13.2. The summed E-state index contributed by atoms with van der Waals surface area (Å²) in [5.41, 5.74) is 5.60. The molecule has 0 aliphatic rings. The molecule has 146 valence electrons. The van der Waals surface area contributed by atoms with Crippen molar-refractivity contribution in [3.8, 4) is 5.69 Å². The summed E-state index contributed by atoms with van der Waals surface area (Å²) in [4.78, 5) is 17.3. The van der Waals surface area contributed by atoms with Gasteiger partial charge in [-0.1, -0.05) is 51.5 Å². The van der Waals surface area contributed by atoms with Crippen molar-refractivity contribution >= 4 is 5.91 Å². The van der Waals surface area contributed by atoms with Crippen LogP contribution in [0, 0.1) is 6.92 Å². The number of carbonyl (C=O) groups is 1. The number of aromatic nitrogens is 3. The predicted octanol–water partition coefficient (Wildman–Crippen LogP) is 4.75. The lowest BCUT2D eigenvalue weighted by Gasteiger charge is -2.14. The first kappa shape index (κ1) is 19.8. The van der Waals surface area contributed by atoms with Crippen molar-refractivity contribution in [3.63, 3.8) is 0 Å². The van der Waals surface area contributed by atoms with Crippen LogP contribution in [-0.2, 0) is 6.54 Å². The Morgan fingerprint density at radius 3 is 2.36 bits per heavy atom. The lowest BCUT2D eigenvalue weighted by Crippen LogP contribution is -2.25. The molecule has 0 saturated heterocycles. The van der Waals surface area contributed by atoms with Crippen LogP contribution in [0.3, 0.4) is 0 Å². The number of carbonyl (C=O) groups excluding carboxylic acids is 1. The average Bonchev–Trinajstić information content (AvgIpc) is 3.09. The smallest absolute Gasteiger partial charge is 0.255 e. The van der Waals surface area contributed by atoms with Crippen molar-refractivity contribution in [2.45, 2.75) is 53.0 Å². The Labute approximate surface area is 166 Å². The molecule has 3 rings (SSSR count). The van der Waals surface area contributed by atoms with Crippen LogP contribution >= 0.6 is 0 Å². The van der Waals surface area contributed by atoms with Crippen LogP contribution in [0.4, 0.5) is 0 Å². The Morgan fingerprint density at radius 1 is 1.07 bits per heavy atom. The molecule has 0 bridgehead atoms. The summed E-state index contributed by atoms with van der Waals surface area (Å²) in [5.74, 6) is 0.207. The molecule has 2 aromatic heterocycles. The molecule has 0 aliphatic heterocycles. The second-order valence-electron chi connectivity index (χ2n) is 7.75. The van der Waals surface area contributed by atoms with Gasteiger partial charge in [0.15, 0.2) is 0 Å². The van der Waals surface area contributed by atoms with E-state index in [4.69, 9.17) is 5.10 Å². The summed E-state index contributed by atoms with van der Waals surface area (Å²) in [6.45, 7) is 10.9. The molecule has 2 heterocycles. The molecule has 0 spiro atoms. The van der Waals surface area contributed by atoms with Gasteiger partial charge in [-0.15, -0.1) is 0 Å². The van der Waals surface area contributed by atoms with Crippen LogP contribution in [0.15, 0.2) is 48.8 Å². The second kappa shape index (κ2) is 8.38. The zero-order chi connectivity index (χ0) is 20.3. The Morgan fingerprint density at radius 2 is 1.79 bits per heavy atom. The largest absolute Gasteiger partial charge is 0.348 e. The Bertz CT molecular complexity index is 941. The van der Waals surface area contributed by atoms with Crippen molar-refractivity contribution in [1.82, 2.24) is 20.1 Å². The molecule has 0 atom stereocenters. The zero-order valence-electron chi connectivity index (χ0n) is 17.2. The number of rotatable bonds is 6. The highest BCUT2D eigenvalue weighted by molar-refractivity contribution is 5.97. The second-order valence-corrected chi connectivity index (χ2v) is 7.75. The SMILES string of the molecule is Cc1ccc(-n2nc(C(C)C)c(C(=O)NCc3cccnc3)c2C(C)C)cc1. The number of amides is 1.